The third kappa shape index (κ3) is 3.07. The van der Waals surface area contributed by atoms with Gasteiger partial charge in [-0.05, 0) is 19.4 Å². The maximum absolute atomic E-state index is 5.30. The molecule has 0 radical (unpaired) electrons. The number of nitrogens with zero attached hydrogens (tertiary/aromatic N) is 3. The Morgan fingerprint density at radius 1 is 1.52 bits per heavy atom. The van der Waals surface area contributed by atoms with Crippen molar-refractivity contribution in [3.63, 3.8) is 0 Å². The minimum atomic E-state index is 0.631. The van der Waals surface area contributed by atoms with E-state index in [1.54, 1.807) is 18.4 Å². The van der Waals surface area contributed by atoms with E-state index in [2.05, 4.69) is 33.1 Å². The third-order valence-electron chi connectivity index (χ3n) is 4.05. The summed E-state index contributed by atoms with van der Waals surface area (Å²) in [6.45, 7) is 7.11. The molecule has 0 bridgehead atoms. The zero-order chi connectivity index (χ0) is 14.7. The van der Waals surface area contributed by atoms with Gasteiger partial charge in [-0.2, -0.15) is 0 Å². The highest BCUT2D eigenvalue weighted by Gasteiger charge is 2.27. The molecule has 1 N–H and O–H groups in total. The van der Waals surface area contributed by atoms with Gasteiger partial charge in [-0.3, -0.25) is 4.40 Å². The molecule has 1 atom stereocenters. The number of nitrogens with one attached hydrogen (secondary N) is 1. The molecule has 1 aliphatic heterocycles. The van der Waals surface area contributed by atoms with Gasteiger partial charge in [0, 0.05) is 44.2 Å². The molecule has 0 aromatic carbocycles. The fourth-order valence-corrected chi connectivity index (χ4v) is 3.75. The van der Waals surface area contributed by atoms with Gasteiger partial charge in [0.1, 0.15) is 0 Å². The first-order chi connectivity index (χ1) is 10.3. The van der Waals surface area contributed by atoms with Crippen molar-refractivity contribution in [3.05, 3.63) is 17.3 Å². The molecule has 1 fully saturated rings. The van der Waals surface area contributed by atoms with Crippen molar-refractivity contribution in [2.24, 2.45) is 5.92 Å². The van der Waals surface area contributed by atoms with Crippen LogP contribution in [0.4, 0.5) is 5.82 Å². The van der Waals surface area contributed by atoms with Crippen LogP contribution in [0.2, 0.25) is 0 Å². The summed E-state index contributed by atoms with van der Waals surface area (Å²) < 4.78 is 7.53. The van der Waals surface area contributed by atoms with Crippen LogP contribution in [0.1, 0.15) is 25.5 Å². The van der Waals surface area contributed by atoms with Crippen molar-refractivity contribution in [1.82, 2.24) is 14.7 Å². The number of hydrogen-bond donors (Lipinski definition) is 1. The van der Waals surface area contributed by atoms with Crippen LogP contribution < -0.4 is 10.2 Å². The van der Waals surface area contributed by atoms with E-state index in [9.17, 15) is 0 Å². The number of rotatable bonds is 7. The van der Waals surface area contributed by atoms with Crippen molar-refractivity contribution in [1.29, 1.82) is 0 Å². The van der Waals surface area contributed by atoms with Gasteiger partial charge in [0.15, 0.2) is 10.8 Å². The molecule has 2 aromatic heterocycles. The van der Waals surface area contributed by atoms with Crippen molar-refractivity contribution >= 4 is 22.1 Å². The molecule has 1 saturated heterocycles. The fraction of sp³-hybridized carbons (Fsp3) is 0.667. The van der Waals surface area contributed by atoms with Crippen molar-refractivity contribution in [3.8, 4) is 0 Å². The van der Waals surface area contributed by atoms with Gasteiger partial charge in [0.25, 0.3) is 0 Å². The van der Waals surface area contributed by atoms with E-state index >= 15 is 0 Å². The molecule has 21 heavy (non-hydrogen) atoms. The maximum atomic E-state index is 5.30. The summed E-state index contributed by atoms with van der Waals surface area (Å²) in [7, 11) is 1.79. The fourth-order valence-electron chi connectivity index (χ4n) is 3.02. The topological polar surface area (TPSA) is 41.8 Å². The van der Waals surface area contributed by atoms with E-state index in [-0.39, 0.29) is 0 Å². The Hall–Kier alpha value is -1.11. The molecule has 1 unspecified atom stereocenters. The zero-order valence-corrected chi connectivity index (χ0v) is 13.7. The lowest BCUT2D eigenvalue weighted by molar-refractivity contribution is 0.161. The number of thiazole rings is 1. The molecule has 2 aromatic rings. The average molecular weight is 308 g/mol. The first-order valence-corrected chi connectivity index (χ1v) is 8.60. The predicted octanol–water partition coefficient (Wildman–Crippen LogP) is 2.37. The molecule has 0 spiro atoms. The quantitative estimate of drug-likeness (QED) is 0.797. The largest absolute Gasteiger partial charge is 0.384 e. The molecular weight excluding hydrogens is 284 g/mol. The van der Waals surface area contributed by atoms with Gasteiger partial charge in [0.2, 0.25) is 0 Å². The van der Waals surface area contributed by atoms with E-state index in [1.807, 2.05) is 0 Å². The Morgan fingerprint density at radius 2 is 2.43 bits per heavy atom. The van der Waals surface area contributed by atoms with E-state index in [0.29, 0.717) is 5.92 Å². The second kappa shape index (κ2) is 6.77. The smallest absolute Gasteiger partial charge is 0.195 e. The van der Waals surface area contributed by atoms with Gasteiger partial charge >= 0.3 is 0 Å². The summed E-state index contributed by atoms with van der Waals surface area (Å²) in [5.41, 5.74) is 1.29. The van der Waals surface area contributed by atoms with E-state index in [1.165, 1.54) is 12.1 Å². The number of ether oxygens (including phenoxy) is 1. The molecule has 5 nitrogen and oxygen atoms in total. The van der Waals surface area contributed by atoms with Crippen LogP contribution in [0.3, 0.4) is 0 Å². The van der Waals surface area contributed by atoms with E-state index < -0.39 is 0 Å². The van der Waals surface area contributed by atoms with Gasteiger partial charge < -0.3 is 15.0 Å². The SMILES string of the molecule is CCCNCc1c(N2CCC(COC)C2)nc2sccn12. The van der Waals surface area contributed by atoms with Crippen LogP contribution in [0.15, 0.2) is 11.6 Å². The molecule has 116 valence electrons. The van der Waals surface area contributed by atoms with Gasteiger partial charge in [-0.15, -0.1) is 11.3 Å². The molecule has 6 heteroatoms. The number of aromatic nitrogens is 2. The number of hydrogen-bond acceptors (Lipinski definition) is 5. The van der Waals surface area contributed by atoms with Crippen LogP contribution in [0.5, 0.6) is 0 Å². The van der Waals surface area contributed by atoms with Crippen LogP contribution in [0, 0.1) is 5.92 Å². The number of fused-ring (bicyclic) bond motifs is 1. The monoisotopic (exact) mass is 308 g/mol. The normalized spacial score (nSPS) is 19.0. The van der Waals surface area contributed by atoms with Gasteiger partial charge in [-0.1, -0.05) is 6.92 Å². The van der Waals surface area contributed by atoms with Gasteiger partial charge in [0.05, 0.1) is 12.3 Å². The Balaban J connectivity index is 1.80. The molecular formula is C15H24N4OS. The Labute approximate surface area is 129 Å². The molecule has 1 aliphatic rings. The number of imidazole rings is 1. The molecule has 0 saturated carbocycles. The van der Waals surface area contributed by atoms with Crippen LogP contribution in [-0.2, 0) is 11.3 Å². The minimum absolute atomic E-state index is 0.631. The Bertz CT molecular complexity index is 579. The molecule has 3 heterocycles. The van der Waals surface area contributed by atoms with Crippen molar-refractivity contribution in [2.75, 3.05) is 38.3 Å². The number of anilines is 1. The van der Waals surface area contributed by atoms with E-state index in [0.717, 1.165) is 50.0 Å². The summed E-state index contributed by atoms with van der Waals surface area (Å²) in [4.78, 5) is 8.37. The highest BCUT2D eigenvalue weighted by atomic mass is 32.1. The lowest BCUT2D eigenvalue weighted by Crippen LogP contribution is -2.24. The zero-order valence-electron chi connectivity index (χ0n) is 12.8. The lowest BCUT2D eigenvalue weighted by atomic mass is 10.1. The first-order valence-electron chi connectivity index (χ1n) is 7.72. The summed E-state index contributed by atoms with van der Waals surface area (Å²) in [6.07, 6.45) is 4.48. The first kappa shape index (κ1) is 14.8. The summed E-state index contributed by atoms with van der Waals surface area (Å²) in [5.74, 6) is 1.79. The van der Waals surface area contributed by atoms with Crippen LogP contribution >= 0.6 is 11.3 Å². The molecule has 3 rings (SSSR count). The van der Waals surface area contributed by atoms with Crippen LogP contribution in [0.25, 0.3) is 4.96 Å². The maximum Gasteiger partial charge on any atom is 0.195 e. The molecule has 0 amide bonds. The average Bonchev–Trinajstić information content (AvgIpc) is 3.15. The summed E-state index contributed by atoms with van der Waals surface area (Å²) >= 11 is 1.70. The van der Waals surface area contributed by atoms with Crippen molar-refractivity contribution < 1.29 is 4.74 Å². The van der Waals surface area contributed by atoms with Crippen molar-refractivity contribution in [2.45, 2.75) is 26.3 Å². The third-order valence-corrected chi connectivity index (χ3v) is 4.80. The second-order valence-electron chi connectivity index (χ2n) is 5.67. The highest BCUT2D eigenvalue weighted by Crippen LogP contribution is 2.29. The van der Waals surface area contributed by atoms with E-state index in [4.69, 9.17) is 9.72 Å². The summed E-state index contributed by atoms with van der Waals surface area (Å²) in [6, 6.07) is 0. The molecule has 0 aliphatic carbocycles. The predicted molar refractivity (Wildman–Crippen MR) is 87.3 cm³/mol. The van der Waals surface area contributed by atoms with Gasteiger partial charge in [-0.25, -0.2) is 4.98 Å². The Kier molecular flexibility index (Phi) is 4.77. The lowest BCUT2D eigenvalue weighted by Gasteiger charge is -2.18. The summed E-state index contributed by atoms with van der Waals surface area (Å²) in [5, 5.41) is 5.62. The van der Waals surface area contributed by atoms with Crippen LogP contribution in [-0.4, -0.2) is 42.7 Å². The highest BCUT2D eigenvalue weighted by molar-refractivity contribution is 7.15. The second-order valence-corrected chi connectivity index (χ2v) is 6.54. The number of methoxy groups -OCH3 is 1. The Morgan fingerprint density at radius 3 is 3.24 bits per heavy atom. The standard InChI is InChI=1S/C15H24N4OS/c1-3-5-16-9-13-14(17-15-19(13)7-8-21-15)18-6-4-12(10-18)11-20-2/h7-8,12,16H,3-6,9-11H2,1-2H3. The minimum Gasteiger partial charge on any atom is -0.384 e.